The Balaban J connectivity index is 2.06. The van der Waals surface area contributed by atoms with Crippen molar-refractivity contribution in [3.05, 3.63) is 43.0 Å². The van der Waals surface area contributed by atoms with Gasteiger partial charge in [0.1, 0.15) is 0 Å². The standard InChI is InChI=1S/C15H19NO3S/c1-2-3-9-15(17)16-11-10-14(12-16)20(18,19)13-7-5-4-6-8-13/h2,4-8,14H,1,3,9-12H2. The number of sulfone groups is 1. The summed E-state index contributed by atoms with van der Waals surface area (Å²) < 4.78 is 24.9. The normalized spacial score (nSPS) is 19.0. The molecule has 1 aromatic rings. The molecule has 1 unspecified atom stereocenters. The van der Waals surface area contributed by atoms with E-state index in [0.29, 0.717) is 37.2 Å². The van der Waals surface area contributed by atoms with Gasteiger partial charge in [-0.05, 0) is 25.0 Å². The summed E-state index contributed by atoms with van der Waals surface area (Å²) in [4.78, 5) is 13.9. The van der Waals surface area contributed by atoms with Gasteiger partial charge in [0.05, 0.1) is 10.1 Å². The number of carbonyl (C=O) groups is 1. The van der Waals surface area contributed by atoms with Gasteiger partial charge in [-0.3, -0.25) is 4.79 Å². The number of nitrogens with zero attached hydrogens (tertiary/aromatic N) is 1. The van der Waals surface area contributed by atoms with Crippen molar-refractivity contribution in [2.24, 2.45) is 0 Å². The van der Waals surface area contributed by atoms with Crippen molar-refractivity contribution in [3.8, 4) is 0 Å². The van der Waals surface area contributed by atoms with Crippen LogP contribution in [0.25, 0.3) is 0 Å². The average Bonchev–Trinajstić information content (AvgIpc) is 2.96. The lowest BCUT2D eigenvalue weighted by atomic mass is 10.3. The molecule has 1 heterocycles. The first-order chi connectivity index (χ1) is 9.55. The van der Waals surface area contributed by atoms with Crippen molar-refractivity contribution >= 4 is 15.7 Å². The lowest BCUT2D eigenvalue weighted by Gasteiger charge is -2.16. The van der Waals surface area contributed by atoms with Gasteiger partial charge in [-0.2, -0.15) is 0 Å². The van der Waals surface area contributed by atoms with Gasteiger partial charge in [-0.15, -0.1) is 6.58 Å². The topological polar surface area (TPSA) is 54.5 Å². The van der Waals surface area contributed by atoms with E-state index in [4.69, 9.17) is 0 Å². The second-order valence-electron chi connectivity index (χ2n) is 4.94. The molecule has 0 saturated carbocycles. The molecule has 20 heavy (non-hydrogen) atoms. The van der Waals surface area contributed by atoms with Crippen molar-refractivity contribution in [2.75, 3.05) is 13.1 Å². The lowest BCUT2D eigenvalue weighted by Crippen LogP contribution is -2.31. The summed E-state index contributed by atoms with van der Waals surface area (Å²) in [6, 6.07) is 8.44. The predicted octanol–water partition coefficient (Wildman–Crippen LogP) is 2.03. The number of hydrogen-bond acceptors (Lipinski definition) is 3. The smallest absolute Gasteiger partial charge is 0.222 e. The Morgan fingerprint density at radius 3 is 2.70 bits per heavy atom. The minimum Gasteiger partial charge on any atom is -0.341 e. The van der Waals surface area contributed by atoms with E-state index >= 15 is 0 Å². The average molecular weight is 293 g/mol. The van der Waals surface area contributed by atoms with Crippen molar-refractivity contribution < 1.29 is 13.2 Å². The van der Waals surface area contributed by atoms with E-state index in [9.17, 15) is 13.2 Å². The number of benzene rings is 1. The van der Waals surface area contributed by atoms with Crippen LogP contribution in [0.5, 0.6) is 0 Å². The molecule has 108 valence electrons. The molecule has 4 nitrogen and oxygen atoms in total. The van der Waals surface area contributed by atoms with Gasteiger partial charge < -0.3 is 4.90 Å². The fourth-order valence-electron chi connectivity index (χ4n) is 2.39. The molecule has 1 fully saturated rings. The zero-order valence-corrected chi connectivity index (χ0v) is 12.2. The summed E-state index contributed by atoms with van der Waals surface area (Å²) >= 11 is 0. The van der Waals surface area contributed by atoms with Gasteiger partial charge in [-0.1, -0.05) is 24.3 Å². The van der Waals surface area contributed by atoms with Gasteiger partial charge in [0.25, 0.3) is 0 Å². The molecule has 1 amide bonds. The minimum atomic E-state index is -3.34. The first kappa shape index (κ1) is 14.8. The third-order valence-electron chi connectivity index (χ3n) is 3.57. The molecule has 0 aromatic heterocycles. The maximum absolute atomic E-state index is 12.5. The first-order valence-corrected chi connectivity index (χ1v) is 8.28. The molecule has 1 aliphatic rings. The Kier molecular flexibility index (Phi) is 4.60. The molecule has 1 aromatic carbocycles. The van der Waals surface area contributed by atoms with E-state index < -0.39 is 15.1 Å². The largest absolute Gasteiger partial charge is 0.341 e. The summed E-state index contributed by atoms with van der Waals surface area (Å²) in [6.45, 7) is 4.41. The highest BCUT2D eigenvalue weighted by Crippen LogP contribution is 2.24. The number of hydrogen-bond donors (Lipinski definition) is 0. The highest BCUT2D eigenvalue weighted by molar-refractivity contribution is 7.92. The number of allylic oxidation sites excluding steroid dienone is 1. The molecule has 0 radical (unpaired) electrons. The minimum absolute atomic E-state index is 0.00987. The molecule has 1 atom stereocenters. The first-order valence-electron chi connectivity index (χ1n) is 6.73. The number of amides is 1. The fraction of sp³-hybridized carbons (Fsp3) is 0.400. The molecule has 0 spiro atoms. The number of carbonyl (C=O) groups excluding carboxylic acids is 1. The zero-order valence-electron chi connectivity index (χ0n) is 11.4. The molecule has 5 heteroatoms. The maximum Gasteiger partial charge on any atom is 0.222 e. The molecule has 2 rings (SSSR count). The zero-order chi connectivity index (χ0) is 14.6. The molecule has 0 aliphatic carbocycles. The van der Waals surface area contributed by atoms with Crippen LogP contribution >= 0.6 is 0 Å². The van der Waals surface area contributed by atoms with Gasteiger partial charge in [0, 0.05) is 19.5 Å². The van der Waals surface area contributed by atoms with Gasteiger partial charge in [-0.25, -0.2) is 8.42 Å². The molecular weight excluding hydrogens is 274 g/mol. The second kappa shape index (κ2) is 6.22. The van der Waals surface area contributed by atoms with Crippen LogP contribution in [0.15, 0.2) is 47.9 Å². The van der Waals surface area contributed by atoms with E-state index in [1.165, 1.54) is 0 Å². The van der Waals surface area contributed by atoms with E-state index in [1.54, 1.807) is 41.3 Å². The number of likely N-dealkylation sites (tertiary alicyclic amines) is 1. The van der Waals surface area contributed by atoms with Crippen molar-refractivity contribution in [1.82, 2.24) is 4.90 Å². The Labute approximate surface area is 120 Å². The summed E-state index contributed by atoms with van der Waals surface area (Å²) in [5.74, 6) is 0.00987. The van der Waals surface area contributed by atoms with Gasteiger partial charge in [0.2, 0.25) is 5.91 Å². The number of rotatable bonds is 5. The summed E-state index contributed by atoms with van der Waals surface area (Å²) in [7, 11) is -3.34. The van der Waals surface area contributed by atoms with Crippen LogP contribution in [0.3, 0.4) is 0 Å². The van der Waals surface area contributed by atoms with Crippen LogP contribution in [0.4, 0.5) is 0 Å². The molecule has 1 aliphatic heterocycles. The predicted molar refractivity (Wildman–Crippen MR) is 78.0 cm³/mol. The van der Waals surface area contributed by atoms with Crippen molar-refractivity contribution in [2.45, 2.75) is 29.4 Å². The molecule has 0 N–H and O–H groups in total. The molecule has 0 bridgehead atoms. The van der Waals surface area contributed by atoms with Gasteiger partial charge >= 0.3 is 0 Å². The van der Waals surface area contributed by atoms with Crippen LogP contribution in [0.1, 0.15) is 19.3 Å². The highest BCUT2D eigenvalue weighted by atomic mass is 32.2. The summed E-state index contributed by atoms with van der Waals surface area (Å²) in [6.07, 6.45) is 3.25. The van der Waals surface area contributed by atoms with Gasteiger partial charge in [0.15, 0.2) is 9.84 Å². The summed E-state index contributed by atoms with van der Waals surface area (Å²) in [5.41, 5.74) is 0. The fourth-order valence-corrected chi connectivity index (χ4v) is 4.11. The SMILES string of the molecule is C=CCCC(=O)N1CCC(S(=O)(=O)c2ccccc2)C1. The van der Waals surface area contributed by atoms with E-state index in [1.807, 2.05) is 0 Å². The third-order valence-corrected chi connectivity index (χ3v) is 5.76. The van der Waals surface area contributed by atoms with Crippen LogP contribution < -0.4 is 0 Å². The Bertz CT molecular complexity index is 580. The van der Waals surface area contributed by atoms with Crippen LogP contribution in [0, 0.1) is 0 Å². The molecule has 1 saturated heterocycles. The van der Waals surface area contributed by atoms with E-state index in [0.717, 1.165) is 0 Å². The highest BCUT2D eigenvalue weighted by Gasteiger charge is 2.35. The van der Waals surface area contributed by atoms with E-state index in [2.05, 4.69) is 6.58 Å². The van der Waals surface area contributed by atoms with Crippen molar-refractivity contribution in [1.29, 1.82) is 0 Å². The third kappa shape index (κ3) is 3.10. The lowest BCUT2D eigenvalue weighted by molar-refractivity contribution is -0.130. The monoisotopic (exact) mass is 293 g/mol. The quantitative estimate of drug-likeness (QED) is 0.781. The maximum atomic E-state index is 12.5. The van der Waals surface area contributed by atoms with Crippen LogP contribution in [-0.2, 0) is 14.6 Å². The Hall–Kier alpha value is -1.62. The Morgan fingerprint density at radius 2 is 2.05 bits per heavy atom. The van der Waals surface area contributed by atoms with E-state index in [-0.39, 0.29) is 5.91 Å². The summed E-state index contributed by atoms with van der Waals surface area (Å²) in [5, 5.41) is -0.488. The molecular formula is C15H19NO3S. The van der Waals surface area contributed by atoms with Crippen molar-refractivity contribution in [3.63, 3.8) is 0 Å². The van der Waals surface area contributed by atoms with Crippen LogP contribution in [0.2, 0.25) is 0 Å². The van der Waals surface area contributed by atoms with Crippen LogP contribution in [-0.4, -0.2) is 37.6 Å². The second-order valence-corrected chi connectivity index (χ2v) is 7.16. The Morgan fingerprint density at radius 1 is 1.35 bits per heavy atom.